The van der Waals surface area contributed by atoms with Crippen molar-refractivity contribution in [1.29, 1.82) is 0 Å². The van der Waals surface area contributed by atoms with E-state index in [9.17, 15) is 0 Å². The van der Waals surface area contributed by atoms with E-state index in [-0.39, 0.29) is 0 Å². The number of hydrogen-bond donors (Lipinski definition) is 1. The van der Waals surface area contributed by atoms with Gasteiger partial charge in [-0.15, -0.1) is 0 Å². The van der Waals surface area contributed by atoms with Gasteiger partial charge in [-0.25, -0.2) is 4.41 Å². The van der Waals surface area contributed by atoms with Gasteiger partial charge in [0, 0.05) is 12.3 Å². The molecule has 0 aromatic rings. The number of piperidine rings is 1. The fourth-order valence-corrected chi connectivity index (χ4v) is 2.68. The summed E-state index contributed by atoms with van der Waals surface area (Å²) >= 11 is 1.89. The quantitative estimate of drug-likeness (QED) is 0.659. The molecule has 1 saturated heterocycles. The van der Waals surface area contributed by atoms with Crippen molar-refractivity contribution in [3.05, 3.63) is 0 Å². The summed E-state index contributed by atoms with van der Waals surface area (Å²) in [5.41, 5.74) is 0. The number of hydrogen-bond acceptors (Lipinski definition) is 5. The van der Waals surface area contributed by atoms with E-state index in [0.717, 1.165) is 25.0 Å². The smallest absolute Gasteiger partial charge is 0.120 e. The minimum absolute atomic E-state index is 0.755. The van der Waals surface area contributed by atoms with E-state index in [1.807, 2.05) is 25.3 Å². The zero-order chi connectivity index (χ0) is 9.10. The summed E-state index contributed by atoms with van der Waals surface area (Å²) in [6, 6.07) is 0. The van der Waals surface area contributed by atoms with Crippen molar-refractivity contribution in [3.8, 4) is 0 Å². The molecule has 2 aliphatic rings. The molecule has 0 unspecified atom stereocenters. The predicted octanol–water partition coefficient (Wildman–Crippen LogP) is 0.535. The van der Waals surface area contributed by atoms with Crippen LogP contribution in [0.25, 0.3) is 0 Å². The summed E-state index contributed by atoms with van der Waals surface area (Å²) in [6.07, 6.45) is 4.41. The van der Waals surface area contributed by atoms with Crippen LogP contribution in [0.4, 0.5) is 0 Å². The first kappa shape index (κ1) is 9.15. The number of nitrogens with one attached hydrogen (secondary N) is 1. The Morgan fingerprint density at radius 1 is 1.46 bits per heavy atom. The van der Waals surface area contributed by atoms with Gasteiger partial charge in [0.2, 0.25) is 0 Å². The maximum absolute atomic E-state index is 4.29. The molecule has 2 rings (SSSR count). The molecule has 0 atom stereocenters. The Hall–Kier alpha value is -0.420. The Balaban J connectivity index is 1.74. The third kappa shape index (κ3) is 2.51. The van der Waals surface area contributed by atoms with E-state index < -0.39 is 0 Å². The van der Waals surface area contributed by atoms with E-state index >= 15 is 0 Å². The third-order valence-electron chi connectivity index (χ3n) is 2.28. The molecule has 1 N–H and O–H groups in total. The summed E-state index contributed by atoms with van der Waals surface area (Å²) in [7, 11) is 2.05. The molecule has 74 valence electrons. The van der Waals surface area contributed by atoms with Crippen LogP contribution < -0.4 is 5.32 Å². The molecule has 0 bridgehead atoms. The summed E-state index contributed by atoms with van der Waals surface area (Å²) in [5, 5.41) is 8.41. The summed E-state index contributed by atoms with van der Waals surface area (Å²) in [5.74, 6) is 0. The van der Waals surface area contributed by atoms with Crippen molar-refractivity contribution < 1.29 is 0 Å². The van der Waals surface area contributed by atoms with Gasteiger partial charge in [0.15, 0.2) is 0 Å². The fourth-order valence-electron chi connectivity index (χ4n) is 1.54. The summed E-state index contributed by atoms with van der Waals surface area (Å²) in [6.45, 7) is 3.24. The Morgan fingerprint density at radius 3 is 2.85 bits per heavy atom. The largest absolute Gasteiger partial charge is 0.344 e. The molecular weight excluding hydrogens is 184 g/mol. The molecule has 13 heavy (non-hydrogen) atoms. The second-order valence-electron chi connectivity index (χ2n) is 3.54. The second-order valence-corrected chi connectivity index (χ2v) is 4.84. The van der Waals surface area contributed by atoms with Crippen LogP contribution >= 0.6 is 11.9 Å². The van der Waals surface area contributed by atoms with Gasteiger partial charge in [-0.1, -0.05) is 0 Å². The molecule has 0 spiro atoms. The molecule has 5 heteroatoms. The first-order valence-corrected chi connectivity index (χ1v) is 5.57. The number of nitrogens with zero attached hydrogens (tertiary/aromatic N) is 3. The van der Waals surface area contributed by atoms with Crippen LogP contribution in [-0.2, 0) is 0 Å². The van der Waals surface area contributed by atoms with E-state index in [4.69, 9.17) is 0 Å². The zero-order valence-electron chi connectivity index (χ0n) is 7.94. The van der Waals surface area contributed by atoms with Gasteiger partial charge < -0.3 is 10.2 Å². The molecule has 1 fully saturated rings. The normalized spacial score (nSPS) is 24.4. The third-order valence-corrected chi connectivity index (χ3v) is 3.50. The first-order chi connectivity index (χ1) is 6.34. The molecule has 2 heterocycles. The minimum atomic E-state index is 0.755. The van der Waals surface area contributed by atoms with E-state index in [1.54, 1.807) is 0 Å². The summed E-state index contributed by atoms with van der Waals surface area (Å²) in [4.78, 5) is 2.09. The Kier molecular flexibility index (Phi) is 2.95. The van der Waals surface area contributed by atoms with Gasteiger partial charge >= 0.3 is 0 Å². The molecule has 4 nitrogen and oxygen atoms in total. The lowest BCUT2D eigenvalue weighted by Crippen LogP contribution is -2.31. The molecule has 0 saturated carbocycles. The van der Waals surface area contributed by atoms with Crippen LogP contribution in [0.2, 0.25) is 0 Å². The van der Waals surface area contributed by atoms with Crippen molar-refractivity contribution >= 4 is 18.3 Å². The fraction of sp³-hybridized carbons (Fsp3) is 0.875. The van der Waals surface area contributed by atoms with Crippen LogP contribution in [0, 0.1) is 0 Å². The van der Waals surface area contributed by atoms with Gasteiger partial charge in [0.25, 0.3) is 0 Å². The van der Waals surface area contributed by atoms with E-state index in [1.165, 1.54) is 12.8 Å². The molecule has 0 radical (unpaired) electrons. The lowest BCUT2D eigenvalue weighted by Gasteiger charge is -2.25. The molecular formula is C8H16N4S. The number of rotatable bonds is 2. The van der Waals surface area contributed by atoms with Crippen LogP contribution in [0.15, 0.2) is 5.10 Å². The van der Waals surface area contributed by atoms with Crippen molar-refractivity contribution in [2.24, 2.45) is 5.10 Å². The summed E-state index contributed by atoms with van der Waals surface area (Å²) < 4.78 is 2.08. The Bertz CT molecular complexity index is 191. The lowest BCUT2D eigenvalue weighted by molar-refractivity contribution is 0.399. The molecule has 0 aromatic carbocycles. The predicted molar refractivity (Wildman–Crippen MR) is 56.4 cm³/mol. The number of hydrazone groups is 1. The zero-order valence-corrected chi connectivity index (χ0v) is 8.76. The Morgan fingerprint density at radius 2 is 2.23 bits per heavy atom. The van der Waals surface area contributed by atoms with Crippen molar-refractivity contribution in [2.75, 3.05) is 26.8 Å². The lowest BCUT2D eigenvalue weighted by atomic mass is 10.2. The van der Waals surface area contributed by atoms with E-state index in [2.05, 4.69) is 19.7 Å². The average molecular weight is 200 g/mol. The standard InChI is InChI=1S/C8H16N4S/c1-11-6-10-12(7-11)13-8-2-4-9-5-3-8/h6,8-9H,2-5,7H2,1H3. The van der Waals surface area contributed by atoms with Gasteiger partial charge in [-0.2, -0.15) is 5.10 Å². The maximum atomic E-state index is 4.29. The molecule has 0 aliphatic carbocycles. The average Bonchev–Trinajstić information content (AvgIpc) is 2.53. The van der Waals surface area contributed by atoms with Crippen molar-refractivity contribution in [1.82, 2.24) is 14.6 Å². The second kappa shape index (κ2) is 4.19. The van der Waals surface area contributed by atoms with Gasteiger partial charge in [-0.05, 0) is 37.9 Å². The monoisotopic (exact) mass is 200 g/mol. The topological polar surface area (TPSA) is 30.9 Å². The highest BCUT2D eigenvalue weighted by molar-refractivity contribution is 7.97. The Labute approximate surface area is 83.5 Å². The molecule has 0 amide bonds. The van der Waals surface area contributed by atoms with Crippen LogP contribution in [0.1, 0.15) is 12.8 Å². The van der Waals surface area contributed by atoms with Gasteiger partial charge in [-0.3, -0.25) is 0 Å². The highest BCUT2D eigenvalue weighted by Gasteiger charge is 2.19. The van der Waals surface area contributed by atoms with Crippen molar-refractivity contribution in [3.63, 3.8) is 0 Å². The maximum Gasteiger partial charge on any atom is 0.120 e. The van der Waals surface area contributed by atoms with Gasteiger partial charge in [0.05, 0.1) is 0 Å². The minimum Gasteiger partial charge on any atom is -0.344 e. The van der Waals surface area contributed by atoms with Crippen LogP contribution in [0.3, 0.4) is 0 Å². The highest BCUT2D eigenvalue weighted by Crippen LogP contribution is 2.25. The van der Waals surface area contributed by atoms with Gasteiger partial charge in [0.1, 0.15) is 13.0 Å². The van der Waals surface area contributed by atoms with E-state index in [0.29, 0.717) is 0 Å². The first-order valence-electron chi connectivity index (χ1n) is 4.74. The highest BCUT2D eigenvalue weighted by atomic mass is 32.2. The van der Waals surface area contributed by atoms with Crippen LogP contribution in [0.5, 0.6) is 0 Å². The van der Waals surface area contributed by atoms with Crippen molar-refractivity contribution in [2.45, 2.75) is 18.1 Å². The molecule has 0 aromatic heterocycles. The molecule has 2 aliphatic heterocycles. The van der Waals surface area contributed by atoms with Crippen LogP contribution in [-0.4, -0.2) is 47.7 Å². The SMILES string of the molecule is CN1C=NN(SC2CCNCC2)C1.